The molecule has 110 valence electrons. The number of nitrogens with one attached hydrogen (secondary N) is 2. The van der Waals surface area contributed by atoms with Crippen LogP contribution in [0.1, 0.15) is 38.5 Å². The summed E-state index contributed by atoms with van der Waals surface area (Å²) in [5, 5.41) is 6.15. The van der Waals surface area contributed by atoms with Crippen LogP contribution in [0.5, 0.6) is 0 Å². The van der Waals surface area contributed by atoms with Crippen LogP contribution < -0.4 is 10.6 Å². The summed E-state index contributed by atoms with van der Waals surface area (Å²) in [4.78, 5) is 13.7. The Morgan fingerprint density at radius 2 is 2.16 bits per heavy atom. The van der Waals surface area contributed by atoms with Gasteiger partial charge in [-0.05, 0) is 65.7 Å². The van der Waals surface area contributed by atoms with E-state index in [0.29, 0.717) is 6.54 Å². The first-order valence-electron chi connectivity index (χ1n) is 7.48. The minimum absolute atomic E-state index is 0.108. The van der Waals surface area contributed by atoms with Crippen molar-refractivity contribution in [2.45, 2.75) is 38.5 Å². The standard InChI is InChI=1S/C15H29N3O/c1-18(2)12-6-10-17-15(19)13-16-11-9-14-7-4-3-5-8-14/h7,16H,3-6,8-13H2,1-2H3,(H,17,19). The minimum Gasteiger partial charge on any atom is -0.355 e. The van der Waals surface area contributed by atoms with E-state index in [4.69, 9.17) is 0 Å². The molecule has 4 heteroatoms. The van der Waals surface area contributed by atoms with Crippen molar-refractivity contribution in [2.24, 2.45) is 0 Å². The van der Waals surface area contributed by atoms with Crippen molar-refractivity contribution in [3.05, 3.63) is 11.6 Å². The molecule has 1 rings (SSSR count). The molecule has 0 unspecified atom stereocenters. The second-order valence-corrected chi connectivity index (χ2v) is 5.54. The lowest BCUT2D eigenvalue weighted by molar-refractivity contribution is -0.120. The molecule has 0 bridgehead atoms. The van der Waals surface area contributed by atoms with Gasteiger partial charge in [0.1, 0.15) is 0 Å². The summed E-state index contributed by atoms with van der Waals surface area (Å²) in [5.41, 5.74) is 1.56. The van der Waals surface area contributed by atoms with Crippen LogP contribution in [0.3, 0.4) is 0 Å². The Morgan fingerprint density at radius 1 is 1.32 bits per heavy atom. The third kappa shape index (κ3) is 8.78. The van der Waals surface area contributed by atoms with Crippen LogP contribution in [-0.2, 0) is 4.79 Å². The maximum atomic E-state index is 11.5. The van der Waals surface area contributed by atoms with Gasteiger partial charge in [-0.3, -0.25) is 4.79 Å². The highest BCUT2D eigenvalue weighted by Crippen LogP contribution is 2.19. The maximum Gasteiger partial charge on any atom is 0.233 e. The highest BCUT2D eigenvalue weighted by Gasteiger charge is 2.04. The van der Waals surface area contributed by atoms with Crippen LogP contribution in [0.25, 0.3) is 0 Å². The number of carbonyl (C=O) groups is 1. The fourth-order valence-corrected chi connectivity index (χ4v) is 2.27. The summed E-state index contributed by atoms with van der Waals surface area (Å²) in [6.07, 6.45) is 9.62. The van der Waals surface area contributed by atoms with Crippen molar-refractivity contribution >= 4 is 5.91 Å². The van der Waals surface area contributed by atoms with Crippen LogP contribution in [0.15, 0.2) is 11.6 Å². The third-order valence-electron chi connectivity index (χ3n) is 3.40. The van der Waals surface area contributed by atoms with E-state index in [1.165, 1.54) is 25.7 Å². The molecule has 2 N–H and O–H groups in total. The second-order valence-electron chi connectivity index (χ2n) is 5.54. The molecule has 1 aliphatic rings. The van der Waals surface area contributed by atoms with Gasteiger partial charge in [-0.25, -0.2) is 0 Å². The lowest BCUT2D eigenvalue weighted by atomic mass is 9.97. The van der Waals surface area contributed by atoms with Gasteiger partial charge >= 0.3 is 0 Å². The zero-order valence-corrected chi connectivity index (χ0v) is 12.5. The van der Waals surface area contributed by atoms with Crippen LogP contribution in [0.4, 0.5) is 0 Å². The van der Waals surface area contributed by atoms with Crippen LogP contribution in [0.2, 0.25) is 0 Å². The molecule has 0 saturated carbocycles. The Kier molecular flexibility index (Phi) is 8.50. The fourth-order valence-electron chi connectivity index (χ4n) is 2.27. The molecule has 19 heavy (non-hydrogen) atoms. The van der Waals surface area contributed by atoms with Gasteiger partial charge in [-0.1, -0.05) is 11.6 Å². The van der Waals surface area contributed by atoms with Crippen LogP contribution in [-0.4, -0.2) is 51.1 Å². The Balaban J connectivity index is 1.93. The van der Waals surface area contributed by atoms with Crippen molar-refractivity contribution in [2.75, 3.05) is 40.3 Å². The lowest BCUT2D eigenvalue weighted by Crippen LogP contribution is -2.35. The molecule has 1 aliphatic carbocycles. The minimum atomic E-state index is 0.108. The van der Waals surface area contributed by atoms with Crippen molar-refractivity contribution in [3.8, 4) is 0 Å². The van der Waals surface area contributed by atoms with Crippen molar-refractivity contribution in [1.82, 2.24) is 15.5 Å². The molecule has 0 aromatic rings. The Bertz CT molecular complexity index is 287. The molecule has 0 atom stereocenters. The molecular weight excluding hydrogens is 238 g/mol. The summed E-state index contributed by atoms with van der Waals surface area (Å²) >= 11 is 0. The predicted molar refractivity (Wildman–Crippen MR) is 80.2 cm³/mol. The predicted octanol–water partition coefficient (Wildman–Crippen LogP) is 1.53. The first-order valence-corrected chi connectivity index (χ1v) is 7.48. The van der Waals surface area contributed by atoms with Gasteiger partial charge in [-0.2, -0.15) is 0 Å². The van der Waals surface area contributed by atoms with E-state index in [9.17, 15) is 4.79 Å². The average Bonchev–Trinajstić information content (AvgIpc) is 2.41. The molecule has 0 aromatic carbocycles. The number of amides is 1. The summed E-state index contributed by atoms with van der Waals surface area (Å²) in [7, 11) is 4.09. The highest BCUT2D eigenvalue weighted by molar-refractivity contribution is 5.77. The fraction of sp³-hybridized carbons (Fsp3) is 0.800. The lowest BCUT2D eigenvalue weighted by Gasteiger charge is -2.13. The first kappa shape index (κ1) is 16.2. The Labute approximate surface area is 117 Å². The molecule has 0 aliphatic heterocycles. The Hall–Kier alpha value is -0.870. The molecule has 0 radical (unpaired) electrons. The molecule has 1 amide bonds. The molecule has 0 aromatic heterocycles. The quantitative estimate of drug-likeness (QED) is 0.492. The zero-order valence-electron chi connectivity index (χ0n) is 12.5. The smallest absolute Gasteiger partial charge is 0.233 e. The normalized spacial score (nSPS) is 15.4. The topological polar surface area (TPSA) is 44.4 Å². The van der Waals surface area contributed by atoms with Gasteiger partial charge < -0.3 is 15.5 Å². The Morgan fingerprint density at radius 3 is 2.84 bits per heavy atom. The van der Waals surface area contributed by atoms with E-state index < -0.39 is 0 Å². The molecule has 0 saturated heterocycles. The third-order valence-corrected chi connectivity index (χ3v) is 3.40. The largest absolute Gasteiger partial charge is 0.355 e. The molecule has 0 spiro atoms. The highest BCUT2D eigenvalue weighted by atomic mass is 16.1. The van der Waals surface area contributed by atoms with Gasteiger partial charge in [-0.15, -0.1) is 0 Å². The van der Waals surface area contributed by atoms with E-state index >= 15 is 0 Å². The van der Waals surface area contributed by atoms with E-state index in [1.807, 2.05) is 14.1 Å². The summed E-state index contributed by atoms with van der Waals surface area (Å²) in [5.74, 6) is 0.108. The summed E-state index contributed by atoms with van der Waals surface area (Å²) in [6.45, 7) is 3.14. The van der Waals surface area contributed by atoms with Gasteiger partial charge in [0.2, 0.25) is 5.91 Å². The van der Waals surface area contributed by atoms with Gasteiger partial charge in [0, 0.05) is 6.54 Å². The monoisotopic (exact) mass is 267 g/mol. The number of hydrogen-bond acceptors (Lipinski definition) is 3. The SMILES string of the molecule is CN(C)CCCNC(=O)CNCCC1=CCCCC1. The van der Waals surface area contributed by atoms with Crippen molar-refractivity contribution in [3.63, 3.8) is 0 Å². The van der Waals surface area contributed by atoms with E-state index in [2.05, 4.69) is 21.6 Å². The van der Waals surface area contributed by atoms with E-state index in [1.54, 1.807) is 5.57 Å². The number of carbonyl (C=O) groups excluding carboxylic acids is 1. The number of rotatable bonds is 9. The average molecular weight is 267 g/mol. The van der Waals surface area contributed by atoms with Gasteiger partial charge in [0.05, 0.1) is 6.54 Å². The van der Waals surface area contributed by atoms with Gasteiger partial charge in [0.15, 0.2) is 0 Å². The molecular formula is C15H29N3O. The molecule has 0 fully saturated rings. The number of hydrogen-bond donors (Lipinski definition) is 2. The second kappa shape index (κ2) is 9.98. The van der Waals surface area contributed by atoms with Crippen molar-refractivity contribution < 1.29 is 4.79 Å². The van der Waals surface area contributed by atoms with Crippen molar-refractivity contribution in [1.29, 1.82) is 0 Å². The first-order chi connectivity index (χ1) is 9.18. The number of nitrogens with zero attached hydrogens (tertiary/aromatic N) is 1. The molecule has 4 nitrogen and oxygen atoms in total. The van der Waals surface area contributed by atoms with E-state index in [-0.39, 0.29) is 5.91 Å². The summed E-state index contributed by atoms with van der Waals surface area (Å²) in [6, 6.07) is 0. The van der Waals surface area contributed by atoms with Crippen LogP contribution in [0, 0.1) is 0 Å². The maximum absolute atomic E-state index is 11.5. The van der Waals surface area contributed by atoms with Crippen LogP contribution >= 0.6 is 0 Å². The summed E-state index contributed by atoms with van der Waals surface area (Å²) < 4.78 is 0. The molecule has 0 heterocycles. The zero-order chi connectivity index (χ0) is 13.9. The van der Waals surface area contributed by atoms with E-state index in [0.717, 1.165) is 32.5 Å². The van der Waals surface area contributed by atoms with Gasteiger partial charge in [0.25, 0.3) is 0 Å². The number of allylic oxidation sites excluding steroid dienone is 1.